The SMILES string of the molecule is CC(=O)N1CC[C@H](CN(C)C(=O)Nc2cc(F)cc(Cl)c2)C1. The second-order valence-corrected chi connectivity index (χ2v) is 6.02. The molecule has 0 bridgehead atoms. The fraction of sp³-hybridized carbons (Fsp3) is 0.467. The Kier molecular flexibility index (Phi) is 5.24. The van der Waals surface area contributed by atoms with Gasteiger partial charge in [0.2, 0.25) is 5.91 Å². The fourth-order valence-electron chi connectivity index (χ4n) is 2.58. The van der Waals surface area contributed by atoms with E-state index in [4.69, 9.17) is 11.6 Å². The molecule has 0 aromatic heterocycles. The normalized spacial score (nSPS) is 17.5. The number of urea groups is 1. The van der Waals surface area contributed by atoms with Crippen LogP contribution in [-0.4, -0.2) is 48.4 Å². The molecule has 1 atom stereocenters. The zero-order valence-corrected chi connectivity index (χ0v) is 13.4. The zero-order chi connectivity index (χ0) is 16.3. The van der Waals surface area contributed by atoms with Crippen molar-refractivity contribution in [1.29, 1.82) is 0 Å². The quantitative estimate of drug-likeness (QED) is 0.928. The summed E-state index contributed by atoms with van der Waals surface area (Å²) in [5, 5.41) is 2.84. The summed E-state index contributed by atoms with van der Waals surface area (Å²) in [5.41, 5.74) is 0.318. The summed E-state index contributed by atoms with van der Waals surface area (Å²) in [5.74, 6) is -0.182. The molecule has 22 heavy (non-hydrogen) atoms. The maximum absolute atomic E-state index is 13.2. The zero-order valence-electron chi connectivity index (χ0n) is 12.6. The molecular formula is C15H19ClFN3O2. The standard InChI is InChI=1S/C15H19ClFN3O2/c1-10(21)20-4-3-11(9-20)8-19(2)15(22)18-14-6-12(16)5-13(17)7-14/h5-7,11H,3-4,8-9H2,1-2H3,(H,18,22)/t11-/m1/s1. The number of carbonyl (C=O) groups is 2. The first kappa shape index (κ1) is 16.5. The molecule has 5 nitrogen and oxygen atoms in total. The molecule has 1 fully saturated rings. The smallest absolute Gasteiger partial charge is 0.321 e. The molecule has 0 radical (unpaired) electrons. The van der Waals surface area contributed by atoms with Gasteiger partial charge in [0.15, 0.2) is 0 Å². The van der Waals surface area contributed by atoms with Gasteiger partial charge < -0.3 is 15.1 Å². The lowest BCUT2D eigenvalue weighted by Crippen LogP contribution is -2.36. The highest BCUT2D eigenvalue weighted by atomic mass is 35.5. The minimum Gasteiger partial charge on any atom is -0.343 e. The summed E-state index contributed by atoms with van der Waals surface area (Å²) >= 11 is 5.75. The van der Waals surface area contributed by atoms with Gasteiger partial charge in [0, 0.05) is 44.3 Å². The molecule has 0 spiro atoms. The van der Waals surface area contributed by atoms with E-state index in [1.165, 1.54) is 23.1 Å². The van der Waals surface area contributed by atoms with E-state index in [-0.39, 0.29) is 22.9 Å². The van der Waals surface area contributed by atoms with Gasteiger partial charge in [-0.2, -0.15) is 0 Å². The second kappa shape index (κ2) is 6.96. The Morgan fingerprint density at radius 2 is 2.18 bits per heavy atom. The minimum atomic E-state index is -0.502. The first-order valence-corrected chi connectivity index (χ1v) is 7.46. The van der Waals surface area contributed by atoms with Crippen LogP contribution in [0.15, 0.2) is 18.2 Å². The number of benzene rings is 1. The summed E-state index contributed by atoms with van der Waals surface area (Å²) in [6, 6.07) is 3.55. The van der Waals surface area contributed by atoms with E-state index in [2.05, 4.69) is 5.32 Å². The lowest BCUT2D eigenvalue weighted by Gasteiger charge is -2.22. The Hall–Kier alpha value is -1.82. The Morgan fingerprint density at radius 1 is 1.45 bits per heavy atom. The van der Waals surface area contributed by atoms with Crippen LogP contribution >= 0.6 is 11.6 Å². The molecular weight excluding hydrogens is 309 g/mol. The van der Waals surface area contributed by atoms with Crippen molar-refractivity contribution in [3.8, 4) is 0 Å². The highest BCUT2D eigenvalue weighted by Crippen LogP contribution is 2.20. The van der Waals surface area contributed by atoms with Crippen molar-refractivity contribution < 1.29 is 14.0 Å². The number of nitrogens with zero attached hydrogens (tertiary/aromatic N) is 2. The van der Waals surface area contributed by atoms with Crippen molar-refractivity contribution in [3.63, 3.8) is 0 Å². The van der Waals surface area contributed by atoms with Gasteiger partial charge in [0.05, 0.1) is 0 Å². The van der Waals surface area contributed by atoms with Crippen molar-refractivity contribution >= 4 is 29.2 Å². The summed E-state index contributed by atoms with van der Waals surface area (Å²) in [4.78, 5) is 26.7. The predicted molar refractivity (Wildman–Crippen MR) is 83.4 cm³/mol. The Bertz CT molecular complexity index is 562. The number of likely N-dealkylation sites (tertiary alicyclic amines) is 1. The van der Waals surface area contributed by atoms with E-state index >= 15 is 0 Å². The van der Waals surface area contributed by atoms with Crippen LogP contribution in [0.4, 0.5) is 14.9 Å². The van der Waals surface area contributed by atoms with Crippen LogP contribution in [-0.2, 0) is 4.79 Å². The maximum atomic E-state index is 13.2. The van der Waals surface area contributed by atoms with E-state index in [0.29, 0.717) is 18.8 Å². The van der Waals surface area contributed by atoms with E-state index in [1.54, 1.807) is 18.9 Å². The van der Waals surface area contributed by atoms with Gasteiger partial charge in [-0.25, -0.2) is 9.18 Å². The average Bonchev–Trinajstić information content (AvgIpc) is 2.86. The second-order valence-electron chi connectivity index (χ2n) is 5.59. The highest BCUT2D eigenvalue weighted by molar-refractivity contribution is 6.30. The largest absolute Gasteiger partial charge is 0.343 e. The molecule has 1 saturated heterocycles. The molecule has 1 aliphatic rings. The van der Waals surface area contributed by atoms with Crippen molar-refractivity contribution in [3.05, 3.63) is 29.0 Å². The molecule has 2 rings (SSSR count). The topological polar surface area (TPSA) is 52.7 Å². The van der Waals surface area contributed by atoms with E-state index in [9.17, 15) is 14.0 Å². The van der Waals surface area contributed by atoms with Crippen LogP contribution in [0.1, 0.15) is 13.3 Å². The third-order valence-corrected chi connectivity index (χ3v) is 3.94. The minimum absolute atomic E-state index is 0.0593. The number of rotatable bonds is 3. The molecule has 1 aromatic rings. The van der Waals surface area contributed by atoms with Gasteiger partial charge in [0.25, 0.3) is 0 Å². The monoisotopic (exact) mass is 327 g/mol. The van der Waals surface area contributed by atoms with Crippen LogP contribution in [0.2, 0.25) is 5.02 Å². The first-order chi connectivity index (χ1) is 10.3. The summed E-state index contributed by atoms with van der Waals surface area (Å²) in [7, 11) is 1.67. The molecule has 1 N–H and O–H groups in total. The van der Waals surface area contributed by atoms with E-state index in [1.807, 2.05) is 0 Å². The summed E-state index contributed by atoms with van der Waals surface area (Å²) < 4.78 is 13.2. The molecule has 1 heterocycles. The van der Waals surface area contributed by atoms with Gasteiger partial charge >= 0.3 is 6.03 Å². The lowest BCUT2D eigenvalue weighted by atomic mass is 10.1. The van der Waals surface area contributed by atoms with Crippen LogP contribution in [0.3, 0.4) is 0 Å². The molecule has 0 aliphatic carbocycles. The van der Waals surface area contributed by atoms with Crippen LogP contribution in [0.25, 0.3) is 0 Å². The highest BCUT2D eigenvalue weighted by Gasteiger charge is 2.26. The number of nitrogens with one attached hydrogen (secondary N) is 1. The van der Waals surface area contributed by atoms with Crippen molar-refractivity contribution in [2.24, 2.45) is 5.92 Å². The Labute approximate surface area is 134 Å². The summed E-state index contributed by atoms with van der Waals surface area (Å²) in [6.07, 6.45) is 0.878. The number of hydrogen-bond donors (Lipinski definition) is 1. The number of halogens is 2. The van der Waals surface area contributed by atoms with Crippen molar-refractivity contribution in [1.82, 2.24) is 9.80 Å². The van der Waals surface area contributed by atoms with Crippen LogP contribution < -0.4 is 5.32 Å². The number of carbonyl (C=O) groups excluding carboxylic acids is 2. The van der Waals surface area contributed by atoms with Gasteiger partial charge in [-0.05, 0) is 30.5 Å². The predicted octanol–water partition coefficient (Wildman–Crippen LogP) is 2.81. The average molecular weight is 328 g/mol. The molecule has 0 saturated carbocycles. The molecule has 0 unspecified atom stereocenters. The first-order valence-electron chi connectivity index (χ1n) is 7.09. The maximum Gasteiger partial charge on any atom is 0.321 e. The molecule has 1 aromatic carbocycles. The van der Waals surface area contributed by atoms with Crippen LogP contribution in [0.5, 0.6) is 0 Å². The molecule has 120 valence electrons. The van der Waals surface area contributed by atoms with Crippen molar-refractivity contribution in [2.75, 3.05) is 32.0 Å². The fourth-order valence-corrected chi connectivity index (χ4v) is 2.80. The number of amides is 3. The van der Waals surface area contributed by atoms with Crippen LogP contribution in [0, 0.1) is 11.7 Å². The number of hydrogen-bond acceptors (Lipinski definition) is 2. The van der Waals surface area contributed by atoms with Gasteiger partial charge in [-0.1, -0.05) is 11.6 Å². The number of anilines is 1. The molecule has 3 amide bonds. The molecule has 7 heteroatoms. The third kappa shape index (κ3) is 4.34. The molecule has 1 aliphatic heterocycles. The summed E-state index contributed by atoms with van der Waals surface area (Å²) in [6.45, 7) is 3.48. The Balaban J connectivity index is 1.88. The van der Waals surface area contributed by atoms with Gasteiger partial charge in [-0.15, -0.1) is 0 Å². The van der Waals surface area contributed by atoms with Crippen molar-refractivity contribution in [2.45, 2.75) is 13.3 Å². The van der Waals surface area contributed by atoms with E-state index < -0.39 is 5.82 Å². The van der Waals surface area contributed by atoms with Gasteiger partial charge in [0.1, 0.15) is 5.82 Å². The Morgan fingerprint density at radius 3 is 2.77 bits per heavy atom. The third-order valence-electron chi connectivity index (χ3n) is 3.72. The van der Waals surface area contributed by atoms with E-state index in [0.717, 1.165) is 13.0 Å². The van der Waals surface area contributed by atoms with Gasteiger partial charge in [-0.3, -0.25) is 4.79 Å². The lowest BCUT2D eigenvalue weighted by molar-refractivity contribution is -0.127.